The summed E-state index contributed by atoms with van der Waals surface area (Å²) < 4.78 is 14.3. The number of benzene rings is 2. The predicted molar refractivity (Wildman–Crippen MR) is 87.2 cm³/mol. The first-order valence-corrected chi connectivity index (χ1v) is 7.01. The van der Waals surface area contributed by atoms with Crippen LogP contribution in [-0.2, 0) is 0 Å². The van der Waals surface area contributed by atoms with Crippen LogP contribution in [-0.4, -0.2) is 20.0 Å². The van der Waals surface area contributed by atoms with E-state index < -0.39 is 11.7 Å². The van der Waals surface area contributed by atoms with E-state index in [9.17, 15) is 9.18 Å². The number of nitrogens with zero attached hydrogens (tertiary/aromatic N) is 1. The Kier molecular flexibility index (Phi) is 4.47. The quantitative estimate of drug-likeness (QED) is 0.832. The van der Waals surface area contributed by atoms with E-state index in [0.29, 0.717) is 15.7 Å². The summed E-state index contributed by atoms with van der Waals surface area (Å²) in [6.45, 7) is 0. The molecule has 4 nitrogen and oxygen atoms in total. The van der Waals surface area contributed by atoms with E-state index in [0.717, 1.165) is 5.69 Å². The number of nitrogen functional groups attached to an aromatic ring is 1. The second-order valence-corrected chi connectivity index (χ2v) is 5.66. The van der Waals surface area contributed by atoms with Crippen LogP contribution in [0.2, 0.25) is 0 Å². The van der Waals surface area contributed by atoms with Crippen molar-refractivity contribution < 1.29 is 9.18 Å². The van der Waals surface area contributed by atoms with Crippen molar-refractivity contribution in [3.8, 4) is 0 Å². The number of halogens is 2. The molecule has 1 amide bonds. The lowest BCUT2D eigenvalue weighted by molar-refractivity contribution is 0.102. The SMILES string of the molecule is CN(C)c1ccc(C(=O)Nc2ccc(Br)cc2F)cc1N. The Morgan fingerprint density at radius 2 is 1.95 bits per heavy atom. The van der Waals surface area contributed by atoms with Gasteiger partial charge in [0, 0.05) is 24.1 Å². The molecular formula is C15H15BrFN3O. The number of rotatable bonds is 3. The van der Waals surface area contributed by atoms with Crippen LogP contribution in [0.1, 0.15) is 10.4 Å². The topological polar surface area (TPSA) is 58.4 Å². The maximum Gasteiger partial charge on any atom is 0.255 e. The molecule has 6 heteroatoms. The summed E-state index contributed by atoms with van der Waals surface area (Å²) in [6.07, 6.45) is 0. The highest BCUT2D eigenvalue weighted by atomic mass is 79.9. The van der Waals surface area contributed by atoms with Crippen LogP contribution >= 0.6 is 15.9 Å². The maximum atomic E-state index is 13.7. The van der Waals surface area contributed by atoms with Crippen LogP contribution < -0.4 is 16.0 Å². The van der Waals surface area contributed by atoms with E-state index in [2.05, 4.69) is 21.2 Å². The zero-order chi connectivity index (χ0) is 15.6. The van der Waals surface area contributed by atoms with E-state index in [1.54, 1.807) is 24.3 Å². The lowest BCUT2D eigenvalue weighted by Gasteiger charge is -2.16. The van der Waals surface area contributed by atoms with Crippen molar-refractivity contribution in [3.05, 3.63) is 52.3 Å². The molecule has 2 rings (SSSR count). The number of anilines is 3. The molecule has 0 spiro atoms. The number of amides is 1. The lowest BCUT2D eigenvalue weighted by atomic mass is 10.1. The van der Waals surface area contributed by atoms with Gasteiger partial charge in [-0.15, -0.1) is 0 Å². The van der Waals surface area contributed by atoms with E-state index >= 15 is 0 Å². The fourth-order valence-corrected chi connectivity index (χ4v) is 2.22. The van der Waals surface area contributed by atoms with Crippen LogP contribution in [0.25, 0.3) is 0 Å². The standard InChI is InChI=1S/C15H15BrFN3O/c1-20(2)14-6-3-9(7-12(14)18)15(21)19-13-5-4-10(16)8-11(13)17/h3-8H,18H2,1-2H3,(H,19,21). The Morgan fingerprint density at radius 3 is 2.52 bits per heavy atom. The van der Waals surface area contributed by atoms with Gasteiger partial charge in [0.25, 0.3) is 5.91 Å². The van der Waals surface area contributed by atoms with Gasteiger partial charge in [0.2, 0.25) is 0 Å². The molecule has 0 unspecified atom stereocenters. The van der Waals surface area contributed by atoms with Gasteiger partial charge < -0.3 is 16.0 Å². The van der Waals surface area contributed by atoms with Crippen LogP contribution in [0.5, 0.6) is 0 Å². The molecule has 3 N–H and O–H groups in total. The second kappa shape index (κ2) is 6.13. The van der Waals surface area contributed by atoms with E-state index in [1.165, 1.54) is 12.1 Å². The molecule has 0 aliphatic rings. The van der Waals surface area contributed by atoms with Gasteiger partial charge in [-0.2, -0.15) is 0 Å². The molecule has 0 fully saturated rings. The van der Waals surface area contributed by atoms with Gasteiger partial charge in [-0.05, 0) is 36.4 Å². The van der Waals surface area contributed by atoms with Gasteiger partial charge in [0.15, 0.2) is 0 Å². The summed E-state index contributed by atoms with van der Waals surface area (Å²) in [4.78, 5) is 14.0. The third-order valence-corrected chi connectivity index (χ3v) is 3.44. The van der Waals surface area contributed by atoms with Gasteiger partial charge in [-0.1, -0.05) is 15.9 Å². The van der Waals surface area contributed by atoms with Gasteiger partial charge in [-0.3, -0.25) is 4.79 Å². The smallest absolute Gasteiger partial charge is 0.255 e. The van der Waals surface area contributed by atoms with Crippen molar-refractivity contribution >= 4 is 38.9 Å². The molecule has 2 aromatic carbocycles. The molecule has 0 aromatic heterocycles. The highest BCUT2D eigenvalue weighted by molar-refractivity contribution is 9.10. The molecule has 2 aromatic rings. The first kappa shape index (κ1) is 15.3. The summed E-state index contributed by atoms with van der Waals surface area (Å²) in [5, 5.41) is 2.53. The monoisotopic (exact) mass is 351 g/mol. The van der Waals surface area contributed by atoms with Crippen molar-refractivity contribution in [3.63, 3.8) is 0 Å². The number of nitrogens with two attached hydrogens (primary N) is 1. The van der Waals surface area contributed by atoms with Crippen molar-refractivity contribution in [2.75, 3.05) is 30.0 Å². The van der Waals surface area contributed by atoms with Gasteiger partial charge >= 0.3 is 0 Å². The Hall–Kier alpha value is -2.08. The molecule has 0 heterocycles. The summed E-state index contributed by atoms with van der Waals surface area (Å²) in [5.41, 5.74) is 7.71. The number of carbonyl (C=O) groups is 1. The molecule has 0 aliphatic heterocycles. The molecule has 0 aliphatic carbocycles. The van der Waals surface area contributed by atoms with Crippen LogP contribution in [0, 0.1) is 5.82 Å². The number of nitrogens with one attached hydrogen (secondary N) is 1. The zero-order valence-corrected chi connectivity index (χ0v) is 13.2. The third-order valence-electron chi connectivity index (χ3n) is 2.95. The fraction of sp³-hybridized carbons (Fsp3) is 0.133. The highest BCUT2D eigenvalue weighted by Crippen LogP contribution is 2.24. The molecule has 0 atom stereocenters. The number of hydrogen-bond acceptors (Lipinski definition) is 3. The minimum absolute atomic E-state index is 0.124. The molecule has 0 bridgehead atoms. The summed E-state index contributed by atoms with van der Waals surface area (Å²) in [7, 11) is 3.73. The van der Waals surface area contributed by atoms with Crippen molar-refractivity contribution in [2.24, 2.45) is 0 Å². The van der Waals surface area contributed by atoms with Crippen LogP contribution in [0.3, 0.4) is 0 Å². The summed E-state index contributed by atoms with van der Waals surface area (Å²) in [6, 6.07) is 9.41. The largest absolute Gasteiger partial charge is 0.397 e. The van der Waals surface area contributed by atoms with E-state index in [4.69, 9.17) is 5.73 Å². The van der Waals surface area contributed by atoms with Gasteiger partial charge in [0.1, 0.15) is 5.82 Å². The maximum absolute atomic E-state index is 13.7. The van der Waals surface area contributed by atoms with Crippen molar-refractivity contribution in [1.29, 1.82) is 0 Å². The van der Waals surface area contributed by atoms with E-state index in [-0.39, 0.29) is 5.69 Å². The molecule has 21 heavy (non-hydrogen) atoms. The summed E-state index contributed by atoms with van der Waals surface area (Å²) >= 11 is 3.16. The average molecular weight is 352 g/mol. The zero-order valence-electron chi connectivity index (χ0n) is 11.7. The Balaban J connectivity index is 2.22. The number of carbonyl (C=O) groups excluding carboxylic acids is 1. The molecule has 0 saturated carbocycles. The minimum Gasteiger partial charge on any atom is -0.397 e. The Labute approximate surface area is 130 Å². The predicted octanol–water partition coefficient (Wildman–Crippen LogP) is 3.49. The molecular weight excluding hydrogens is 337 g/mol. The average Bonchev–Trinajstić information content (AvgIpc) is 2.41. The lowest BCUT2D eigenvalue weighted by Crippen LogP contribution is -2.15. The second-order valence-electron chi connectivity index (χ2n) is 4.75. The van der Waals surface area contributed by atoms with Crippen LogP contribution in [0.15, 0.2) is 40.9 Å². The Morgan fingerprint density at radius 1 is 1.24 bits per heavy atom. The molecule has 110 valence electrons. The highest BCUT2D eigenvalue weighted by Gasteiger charge is 2.11. The fourth-order valence-electron chi connectivity index (χ4n) is 1.89. The first-order chi connectivity index (χ1) is 9.88. The normalized spacial score (nSPS) is 10.3. The van der Waals surface area contributed by atoms with Gasteiger partial charge in [-0.25, -0.2) is 4.39 Å². The summed E-state index contributed by atoms with van der Waals surface area (Å²) in [5.74, 6) is -0.913. The van der Waals surface area contributed by atoms with Gasteiger partial charge in [0.05, 0.1) is 17.1 Å². The Bertz CT molecular complexity index is 689. The van der Waals surface area contributed by atoms with Crippen LogP contribution in [0.4, 0.5) is 21.5 Å². The van der Waals surface area contributed by atoms with Crippen molar-refractivity contribution in [2.45, 2.75) is 0 Å². The molecule has 0 radical (unpaired) electrons. The molecule has 0 saturated heterocycles. The van der Waals surface area contributed by atoms with E-state index in [1.807, 2.05) is 19.0 Å². The third kappa shape index (κ3) is 3.52. The van der Waals surface area contributed by atoms with Crippen molar-refractivity contribution in [1.82, 2.24) is 0 Å². The first-order valence-electron chi connectivity index (χ1n) is 6.21. The minimum atomic E-state index is -0.504. The number of hydrogen-bond donors (Lipinski definition) is 2.